The molecule has 0 radical (unpaired) electrons. The number of carbonyl (C=O) groups is 2. The van der Waals surface area contributed by atoms with Crippen LogP contribution in [0, 0.1) is 0 Å². The van der Waals surface area contributed by atoms with Crippen LogP contribution < -0.4 is 5.32 Å². The van der Waals surface area contributed by atoms with Crippen molar-refractivity contribution in [2.75, 3.05) is 6.61 Å². The van der Waals surface area contributed by atoms with E-state index in [0.717, 1.165) is 12.5 Å². The predicted molar refractivity (Wildman–Crippen MR) is 49.1 cm³/mol. The van der Waals surface area contributed by atoms with Gasteiger partial charge in [-0.05, 0) is 6.42 Å². The third kappa shape index (κ3) is 5.90. The number of ether oxygens (including phenoxy) is 1. The van der Waals surface area contributed by atoms with Gasteiger partial charge >= 0.3 is 5.97 Å². The predicted octanol–water partition coefficient (Wildman–Crippen LogP) is 0.630. The number of esters is 1. The maximum atomic E-state index is 10.7. The smallest absolute Gasteiger partial charge is 0.330 e. The van der Waals surface area contributed by atoms with Gasteiger partial charge in [-0.1, -0.05) is 13.5 Å². The summed E-state index contributed by atoms with van der Waals surface area (Å²) in [5.74, 6) is -0.592. The second-order valence-electron chi connectivity index (χ2n) is 2.64. The minimum Gasteiger partial charge on any atom is -0.460 e. The molecule has 1 atom stereocenters. The number of hydrogen-bond acceptors (Lipinski definition) is 3. The highest BCUT2D eigenvalue weighted by atomic mass is 16.5. The molecule has 0 aliphatic heterocycles. The minimum atomic E-state index is -0.469. The Kier molecular flexibility index (Phi) is 5.59. The molecule has 0 aromatic rings. The maximum Gasteiger partial charge on any atom is 0.330 e. The Bertz CT molecular complexity index is 201. The SMILES string of the molecule is C=CC(=O)OCC(CC)NC(C)=O. The molecule has 0 saturated heterocycles. The van der Waals surface area contributed by atoms with Crippen molar-refractivity contribution in [2.45, 2.75) is 26.3 Å². The minimum absolute atomic E-state index is 0.110. The van der Waals surface area contributed by atoms with Crippen molar-refractivity contribution < 1.29 is 14.3 Å². The van der Waals surface area contributed by atoms with Crippen LogP contribution in [0.3, 0.4) is 0 Å². The largest absolute Gasteiger partial charge is 0.460 e. The molecule has 1 amide bonds. The second-order valence-corrected chi connectivity index (χ2v) is 2.64. The van der Waals surface area contributed by atoms with Crippen molar-refractivity contribution in [1.82, 2.24) is 5.32 Å². The summed E-state index contributed by atoms with van der Waals surface area (Å²) in [5, 5.41) is 2.66. The van der Waals surface area contributed by atoms with Gasteiger partial charge in [0.1, 0.15) is 6.61 Å². The van der Waals surface area contributed by atoms with Gasteiger partial charge in [-0.2, -0.15) is 0 Å². The van der Waals surface area contributed by atoms with Crippen LogP contribution in [-0.4, -0.2) is 24.5 Å². The summed E-state index contributed by atoms with van der Waals surface area (Å²) in [4.78, 5) is 21.3. The summed E-state index contributed by atoms with van der Waals surface area (Å²) in [6, 6.07) is -0.110. The molecule has 0 aliphatic carbocycles. The average molecular weight is 185 g/mol. The fraction of sp³-hybridized carbons (Fsp3) is 0.556. The molecule has 1 N–H and O–H groups in total. The zero-order valence-corrected chi connectivity index (χ0v) is 8.00. The Morgan fingerprint density at radius 1 is 1.62 bits per heavy atom. The highest BCUT2D eigenvalue weighted by Gasteiger charge is 2.08. The van der Waals surface area contributed by atoms with Crippen LogP contribution in [0.4, 0.5) is 0 Å². The molecule has 0 bridgehead atoms. The zero-order chi connectivity index (χ0) is 10.3. The van der Waals surface area contributed by atoms with E-state index in [-0.39, 0.29) is 18.6 Å². The topological polar surface area (TPSA) is 55.4 Å². The van der Waals surface area contributed by atoms with Gasteiger partial charge in [0.15, 0.2) is 0 Å². The molecule has 0 heterocycles. The van der Waals surface area contributed by atoms with E-state index in [4.69, 9.17) is 4.74 Å². The van der Waals surface area contributed by atoms with Crippen LogP contribution in [0.1, 0.15) is 20.3 Å². The highest BCUT2D eigenvalue weighted by Crippen LogP contribution is 1.93. The lowest BCUT2D eigenvalue weighted by Crippen LogP contribution is -2.36. The van der Waals surface area contributed by atoms with Gasteiger partial charge in [0, 0.05) is 13.0 Å². The van der Waals surface area contributed by atoms with E-state index >= 15 is 0 Å². The van der Waals surface area contributed by atoms with Crippen molar-refractivity contribution >= 4 is 11.9 Å². The summed E-state index contributed by atoms with van der Waals surface area (Å²) in [6.07, 6.45) is 1.82. The molecule has 0 spiro atoms. The quantitative estimate of drug-likeness (QED) is 0.505. The molecular weight excluding hydrogens is 170 g/mol. The molecule has 13 heavy (non-hydrogen) atoms. The summed E-state index contributed by atoms with van der Waals surface area (Å²) in [7, 11) is 0. The molecule has 1 unspecified atom stereocenters. The van der Waals surface area contributed by atoms with Gasteiger partial charge in [0.2, 0.25) is 5.91 Å². The molecular formula is C9H15NO3. The Morgan fingerprint density at radius 2 is 2.23 bits per heavy atom. The lowest BCUT2D eigenvalue weighted by atomic mass is 10.2. The van der Waals surface area contributed by atoms with Crippen LogP contribution in [0.5, 0.6) is 0 Å². The number of hydrogen-bond donors (Lipinski definition) is 1. The molecule has 0 saturated carbocycles. The number of carbonyl (C=O) groups excluding carboxylic acids is 2. The van der Waals surface area contributed by atoms with E-state index in [1.165, 1.54) is 6.92 Å². The average Bonchev–Trinajstić information content (AvgIpc) is 2.10. The Hall–Kier alpha value is -1.32. The highest BCUT2D eigenvalue weighted by molar-refractivity contribution is 5.81. The van der Waals surface area contributed by atoms with Gasteiger partial charge in [-0.25, -0.2) is 4.79 Å². The van der Waals surface area contributed by atoms with Crippen LogP contribution >= 0.6 is 0 Å². The standard InChI is InChI=1S/C9H15NO3/c1-4-8(10-7(3)11)6-13-9(12)5-2/h5,8H,2,4,6H2,1,3H3,(H,10,11). The van der Waals surface area contributed by atoms with Crippen LogP contribution in [0.25, 0.3) is 0 Å². The summed E-state index contributed by atoms with van der Waals surface area (Å²) < 4.78 is 4.77. The molecule has 0 aliphatic rings. The first-order chi connectivity index (χ1) is 6.10. The second kappa shape index (κ2) is 6.22. The Balaban J connectivity index is 3.77. The first-order valence-corrected chi connectivity index (χ1v) is 4.16. The molecule has 4 heteroatoms. The van der Waals surface area contributed by atoms with Crippen molar-refractivity contribution in [3.8, 4) is 0 Å². The van der Waals surface area contributed by atoms with Crippen molar-refractivity contribution in [3.63, 3.8) is 0 Å². The van der Waals surface area contributed by atoms with Crippen molar-refractivity contribution in [2.24, 2.45) is 0 Å². The van der Waals surface area contributed by atoms with E-state index in [2.05, 4.69) is 11.9 Å². The molecule has 4 nitrogen and oxygen atoms in total. The molecule has 74 valence electrons. The van der Waals surface area contributed by atoms with E-state index in [9.17, 15) is 9.59 Å². The van der Waals surface area contributed by atoms with E-state index in [1.54, 1.807) is 0 Å². The number of nitrogens with one attached hydrogen (secondary N) is 1. The third-order valence-corrected chi connectivity index (χ3v) is 1.49. The van der Waals surface area contributed by atoms with E-state index in [1.807, 2.05) is 6.92 Å². The Labute approximate surface area is 78.0 Å². The first-order valence-electron chi connectivity index (χ1n) is 4.16. The molecule has 0 aromatic carbocycles. The molecule has 0 fully saturated rings. The normalized spacial score (nSPS) is 11.5. The van der Waals surface area contributed by atoms with Crippen LogP contribution in [0.2, 0.25) is 0 Å². The zero-order valence-electron chi connectivity index (χ0n) is 8.00. The van der Waals surface area contributed by atoms with E-state index in [0.29, 0.717) is 0 Å². The van der Waals surface area contributed by atoms with Gasteiger partial charge in [-0.15, -0.1) is 0 Å². The summed E-state index contributed by atoms with van der Waals surface area (Å²) in [5.41, 5.74) is 0. The summed E-state index contributed by atoms with van der Waals surface area (Å²) in [6.45, 7) is 6.79. The fourth-order valence-corrected chi connectivity index (χ4v) is 0.791. The van der Waals surface area contributed by atoms with Crippen molar-refractivity contribution in [1.29, 1.82) is 0 Å². The van der Waals surface area contributed by atoms with Gasteiger partial charge in [0.25, 0.3) is 0 Å². The van der Waals surface area contributed by atoms with Gasteiger partial charge in [-0.3, -0.25) is 4.79 Å². The fourth-order valence-electron chi connectivity index (χ4n) is 0.791. The van der Waals surface area contributed by atoms with Gasteiger partial charge < -0.3 is 10.1 Å². The maximum absolute atomic E-state index is 10.7. The first kappa shape index (κ1) is 11.7. The lowest BCUT2D eigenvalue weighted by Gasteiger charge is -2.14. The summed E-state index contributed by atoms with van der Waals surface area (Å²) >= 11 is 0. The number of amides is 1. The van der Waals surface area contributed by atoms with Crippen LogP contribution in [-0.2, 0) is 14.3 Å². The van der Waals surface area contributed by atoms with Crippen LogP contribution in [0.15, 0.2) is 12.7 Å². The molecule has 0 rings (SSSR count). The number of rotatable bonds is 5. The van der Waals surface area contributed by atoms with E-state index < -0.39 is 5.97 Å². The Morgan fingerprint density at radius 3 is 2.62 bits per heavy atom. The lowest BCUT2D eigenvalue weighted by molar-refractivity contribution is -0.139. The monoisotopic (exact) mass is 185 g/mol. The third-order valence-electron chi connectivity index (χ3n) is 1.49. The van der Waals surface area contributed by atoms with Crippen molar-refractivity contribution in [3.05, 3.63) is 12.7 Å². The molecule has 0 aromatic heterocycles. The van der Waals surface area contributed by atoms with Gasteiger partial charge in [0.05, 0.1) is 6.04 Å².